The van der Waals surface area contributed by atoms with E-state index in [1.165, 1.54) is 0 Å². The minimum Gasteiger partial charge on any atom is -0.480 e. The van der Waals surface area contributed by atoms with Crippen molar-refractivity contribution >= 4 is 12.0 Å². The average molecular weight is 269 g/mol. The van der Waals surface area contributed by atoms with Crippen LogP contribution in [0, 0.1) is 0 Å². The highest BCUT2D eigenvalue weighted by Gasteiger charge is 2.37. The smallest absolute Gasteiger partial charge is 0.320 e. The van der Waals surface area contributed by atoms with Crippen molar-refractivity contribution in [1.29, 1.82) is 0 Å². The van der Waals surface area contributed by atoms with Gasteiger partial charge >= 0.3 is 12.0 Å². The van der Waals surface area contributed by atoms with E-state index in [0.717, 1.165) is 45.3 Å². The molecule has 2 N–H and O–H groups in total. The fourth-order valence-electron chi connectivity index (χ4n) is 3.15. The van der Waals surface area contributed by atoms with Gasteiger partial charge in [0.05, 0.1) is 0 Å². The van der Waals surface area contributed by atoms with Gasteiger partial charge in [0.25, 0.3) is 0 Å². The number of hydrogen-bond donors (Lipinski definition) is 2. The summed E-state index contributed by atoms with van der Waals surface area (Å²) in [6, 6.07) is -0.00699. The molecule has 19 heavy (non-hydrogen) atoms. The van der Waals surface area contributed by atoms with Crippen molar-refractivity contribution in [3.8, 4) is 0 Å². The number of hydrogen-bond acceptors (Lipinski definition) is 3. The molecule has 0 aromatic carbocycles. The van der Waals surface area contributed by atoms with E-state index in [4.69, 9.17) is 0 Å². The lowest BCUT2D eigenvalue weighted by Crippen LogP contribution is -2.51. The summed E-state index contributed by atoms with van der Waals surface area (Å²) in [5, 5.41) is 12.0. The zero-order valence-corrected chi connectivity index (χ0v) is 11.5. The number of aliphatic carboxylic acids is 1. The van der Waals surface area contributed by atoms with E-state index < -0.39 is 5.97 Å². The number of carbonyl (C=O) groups excluding carboxylic acids is 1. The highest BCUT2D eigenvalue weighted by molar-refractivity contribution is 5.74. The second-order valence-electron chi connectivity index (χ2n) is 5.29. The van der Waals surface area contributed by atoms with Crippen LogP contribution in [0.4, 0.5) is 4.79 Å². The zero-order valence-electron chi connectivity index (χ0n) is 11.5. The van der Waals surface area contributed by atoms with Crippen molar-refractivity contribution in [1.82, 2.24) is 15.1 Å². The second-order valence-corrected chi connectivity index (χ2v) is 5.29. The molecule has 0 aromatic heterocycles. The third-order valence-electron chi connectivity index (χ3n) is 4.13. The van der Waals surface area contributed by atoms with Gasteiger partial charge in [0.1, 0.15) is 6.04 Å². The van der Waals surface area contributed by atoms with Gasteiger partial charge in [-0.1, -0.05) is 0 Å². The van der Waals surface area contributed by atoms with Crippen LogP contribution in [-0.4, -0.2) is 65.2 Å². The van der Waals surface area contributed by atoms with E-state index >= 15 is 0 Å². The molecule has 2 aliphatic heterocycles. The van der Waals surface area contributed by atoms with Gasteiger partial charge in [0, 0.05) is 25.7 Å². The number of likely N-dealkylation sites (tertiary alicyclic amines) is 2. The molecule has 1 unspecified atom stereocenters. The van der Waals surface area contributed by atoms with Crippen LogP contribution in [0.3, 0.4) is 0 Å². The molecule has 1 atom stereocenters. The summed E-state index contributed by atoms with van der Waals surface area (Å²) in [5.41, 5.74) is 0. The van der Waals surface area contributed by atoms with E-state index in [1.807, 2.05) is 11.8 Å². The van der Waals surface area contributed by atoms with E-state index in [9.17, 15) is 14.7 Å². The summed E-state index contributed by atoms with van der Waals surface area (Å²) in [6.45, 7) is 4.87. The van der Waals surface area contributed by atoms with Crippen molar-refractivity contribution < 1.29 is 14.7 Å². The lowest BCUT2D eigenvalue weighted by molar-refractivity contribution is -0.143. The molecule has 0 aliphatic carbocycles. The van der Waals surface area contributed by atoms with Crippen molar-refractivity contribution in [3.63, 3.8) is 0 Å². The van der Waals surface area contributed by atoms with E-state index in [1.54, 1.807) is 0 Å². The minimum atomic E-state index is -0.705. The predicted octanol–water partition coefficient (Wildman–Crippen LogP) is 0.729. The third kappa shape index (κ3) is 3.18. The average Bonchev–Trinajstić information content (AvgIpc) is 2.88. The van der Waals surface area contributed by atoms with Crippen LogP contribution in [0.15, 0.2) is 0 Å². The highest BCUT2D eigenvalue weighted by atomic mass is 16.4. The molecule has 2 saturated heterocycles. The molecule has 2 amide bonds. The number of urea groups is 1. The zero-order chi connectivity index (χ0) is 13.8. The Bertz CT molecular complexity index is 340. The van der Waals surface area contributed by atoms with Gasteiger partial charge in [-0.15, -0.1) is 0 Å². The fourth-order valence-corrected chi connectivity index (χ4v) is 3.15. The van der Waals surface area contributed by atoms with Crippen molar-refractivity contribution in [2.45, 2.75) is 44.7 Å². The summed E-state index contributed by atoms with van der Waals surface area (Å²) in [7, 11) is 0. The Kier molecular flexibility index (Phi) is 4.63. The van der Waals surface area contributed by atoms with E-state index in [2.05, 4.69) is 10.2 Å². The quantitative estimate of drug-likeness (QED) is 0.792. The monoisotopic (exact) mass is 269 g/mol. The number of rotatable bonds is 3. The summed E-state index contributed by atoms with van der Waals surface area (Å²) >= 11 is 0. The molecule has 2 aliphatic rings. The van der Waals surface area contributed by atoms with Crippen LogP contribution < -0.4 is 5.32 Å². The minimum absolute atomic E-state index is 0.00263. The SMILES string of the molecule is CCNC(=O)N1CCC(N2CCCC2C(=O)O)CC1. The van der Waals surface area contributed by atoms with Gasteiger partial charge in [-0.3, -0.25) is 9.69 Å². The molecule has 0 bridgehead atoms. The van der Waals surface area contributed by atoms with Gasteiger partial charge in [-0.25, -0.2) is 4.79 Å². The van der Waals surface area contributed by atoms with Gasteiger partial charge < -0.3 is 15.3 Å². The van der Waals surface area contributed by atoms with E-state index in [0.29, 0.717) is 12.6 Å². The van der Waals surface area contributed by atoms with Crippen LogP contribution in [-0.2, 0) is 4.79 Å². The normalized spacial score (nSPS) is 25.5. The molecule has 0 saturated carbocycles. The molecule has 0 spiro atoms. The lowest BCUT2D eigenvalue weighted by atomic mass is 10.0. The number of nitrogens with zero attached hydrogens (tertiary/aromatic N) is 2. The fraction of sp³-hybridized carbons (Fsp3) is 0.846. The standard InChI is InChI=1S/C13H23N3O3/c1-2-14-13(19)15-8-5-10(6-9-15)16-7-3-4-11(16)12(17)18/h10-11H,2-9H2,1H3,(H,14,19)(H,17,18). The Morgan fingerprint density at radius 3 is 2.47 bits per heavy atom. The topological polar surface area (TPSA) is 72.9 Å². The molecule has 2 fully saturated rings. The van der Waals surface area contributed by atoms with Crippen LogP contribution in [0.1, 0.15) is 32.6 Å². The summed E-state index contributed by atoms with van der Waals surface area (Å²) in [6.07, 6.45) is 3.47. The van der Waals surface area contributed by atoms with Gasteiger partial charge in [0.15, 0.2) is 0 Å². The Balaban J connectivity index is 1.86. The predicted molar refractivity (Wildman–Crippen MR) is 71.0 cm³/mol. The Morgan fingerprint density at radius 2 is 1.89 bits per heavy atom. The highest BCUT2D eigenvalue weighted by Crippen LogP contribution is 2.26. The van der Waals surface area contributed by atoms with E-state index in [-0.39, 0.29) is 12.1 Å². The number of piperidine rings is 1. The van der Waals surface area contributed by atoms with Gasteiger partial charge in [-0.05, 0) is 39.2 Å². The first-order valence-corrected chi connectivity index (χ1v) is 7.14. The Labute approximate surface area is 113 Å². The van der Waals surface area contributed by atoms with Crippen LogP contribution >= 0.6 is 0 Å². The molecule has 6 heteroatoms. The maximum Gasteiger partial charge on any atom is 0.320 e. The molecular formula is C13H23N3O3. The number of carboxylic acids is 1. The van der Waals surface area contributed by atoms with Gasteiger partial charge in [-0.2, -0.15) is 0 Å². The summed E-state index contributed by atoms with van der Waals surface area (Å²) in [4.78, 5) is 26.8. The Morgan fingerprint density at radius 1 is 1.21 bits per heavy atom. The van der Waals surface area contributed by atoms with Crippen LogP contribution in [0.5, 0.6) is 0 Å². The van der Waals surface area contributed by atoms with Crippen LogP contribution in [0.2, 0.25) is 0 Å². The number of amides is 2. The molecule has 108 valence electrons. The summed E-state index contributed by atoms with van der Waals surface area (Å²) < 4.78 is 0. The molecular weight excluding hydrogens is 246 g/mol. The maximum absolute atomic E-state index is 11.7. The van der Waals surface area contributed by atoms with Crippen molar-refractivity contribution in [3.05, 3.63) is 0 Å². The number of carbonyl (C=O) groups is 2. The largest absolute Gasteiger partial charge is 0.480 e. The molecule has 2 rings (SSSR count). The first-order valence-electron chi connectivity index (χ1n) is 7.14. The molecule has 6 nitrogen and oxygen atoms in total. The molecule has 0 aromatic rings. The maximum atomic E-state index is 11.7. The number of nitrogens with one attached hydrogen (secondary N) is 1. The molecule has 2 heterocycles. The lowest BCUT2D eigenvalue weighted by Gasteiger charge is -2.38. The first kappa shape index (κ1) is 14.1. The molecule has 0 radical (unpaired) electrons. The third-order valence-corrected chi connectivity index (χ3v) is 4.13. The summed E-state index contributed by atoms with van der Waals surface area (Å²) in [5.74, 6) is -0.705. The van der Waals surface area contributed by atoms with Crippen molar-refractivity contribution in [2.75, 3.05) is 26.2 Å². The van der Waals surface area contributed by atoms with Crippen molar-refractivity contribution in [2.24, 2.45) is 0 Å². The van der Waals surface area contributed by atoms with Gasteiger partial charge in [0.2, 0.25) is 0 Å². The van der Waals surface area contributed by atoms with Crippen LogP contribution in [0.25, 0.3) is 0 Å². The number of carboxylic acid groups (broad SMARTS) is 1. The second kappa shape index (κ2) is 6.23. The first-order chi connectivity index (χ1) is 9.13. The Hall–Kier alpha value is -1.30.